The summed E-state index contributed by atoms with van der Waals surface area (Å²) in [6.45, 7) is -0.0994. The van der Waals surface area contributed by atoms with E-state index in [-0.39, 0.29) is 6.61 Å². The summed E-state index contributed by atoms with van der Waals surface area (Å²) in [4.78, 5) is 10.6. The second-order valence-electron chi connectivity index (χ2n) is 4.36. The summed E-state index contributed by atoms with van der Waals surface area (Å²) in [5, 5.41) is 3.36. The number of hydrogen-bond donors (Lipinski definition) is 3. The minimum absolute atomic E-state index is 0.0994. The van der Waals surface area contributed by atoms with Crippen LogP contribution in [0.5, 0.6) is 5.75 Å². The summed E-state index contributed by atoms with van der Waals surface area (Å²) in [7, 11) is 0. The number of carbonyl (C=O) groups excluding carboxylic acids is 1. The van der Waals surface area contributed by atoms with Crippen LogP contribution in [-0.2, 0) is 4.79 Å². The van der Waals surface area contributed by atoms with Crippen LogP contribution in [0.1, 0.15) is 12.8 Å². The smallest absolute Gasteiger partial charge is 0.255 e. The zero-order valence-electron chi connectivity index (χ0n) is 9.56. The number of amides is 1. The van der Waals surface area contributed by atoms with E-state index in [4.69, 9.17) is 16.2 Å². The van der Waals surface area contributed by atoms with Gasteiger partial charge in [0.2, 0.25) is 0 Å². The highest BCUT2D eigenvalue weighted by molar-refractivity contribution is 5.75. The number of nitrogens with one attached hydrogen (secondary N) is 1. The predicted octanol–water partition coefficient (Wildman–Crippen LogP) is 0.452. The Morgan fingerprint density at radius 2 is 2.24 bits per heavy atom. The molecule has 1 amide bonds. The third-order valence-corrected chi connectivity index (χ3v) is 2.76. The second kappa shape index (κ2) is 5.05. The molecule has 0 aliphatic heterocycles. The van der Waals surface area contributed by atoms with Gasteiger partial charge in [-0.1, -0.05) is 6.07 Å². The third kappa shape index (κ3) is 3.35. The van der Waals surface area contributed by atoms with Crippen molar-refractivity contribution in [3.05, 3.63) is 24.3 Å². The molecule has 1 fully saturated rings. The Labute approximate surface area is 100 Å². The fourth-order valence-electron chi connectivity index (χ4n) is 1.85. The maximum Gasteiger partial charge on any atom is 0.255 e. The third-order valence-electron chi connectivity index (χ3n) is 2.76. The van der Waals surface area contributed by atoms with Crippen molar-refractivity contribution in [2.24, 2.45) is 11.5 Å². The van der Waals surface area contributed by atoms with Crippen LogP contribution in [0, 0.1) is 0 Å². The van der Waals surface area contributed by atoms with Gasteiger partial charge in [-0.2, -0.15) is 0 Å². The zero-order valence-corrected chi connectivity index (χ0v) is 9.56. The van der Waals surface area contributed by atoms with E-state index in [0.717, 1.165) is 18.5 Å². The van der Waals surface area contributed by atoms with Crippen LogP contribution in [0.4, 0.5) is 5.69 Å². The van der Waals surface area contributed by atoms with Crippen LogP contribution >= 0.6 is 0 Å². The standard InChI is InChI=1S/C12H17N3O2/c13-8-4-10(5-8)15-9-2-1-3-11(6-9)17-7-12(14)16/h1-3,6,8,10,15H,4-5,7,13H2,(H2,14,16). The van der Waals surface area contributed by atoms with Gasteiger partial charge in [0.25, 0.3) is 5.91 Å². The zero-order chi connectivity index (χ0) is 12.3. The minimum Gasteiger partial charge on any atom is -0.484 e. The first-order valence-corrected chi connectivity index (χ1v) is 5.67. The number of anilines is 1. The van der Waals surface area contributed by atoms with Gasteiger partial charge in [0, 0.05) is 23.8 Å². The molecule has 0 bridgehead atoms. The largest absolute Gasteiger partial charge is 0.484 e. The summed E-state index contributed by atoms with van der Waals surface area (Å²) >= 11 is 0. The molecule has 5 N–H and O–H groups in total. The maximum absolute atomic E-state index is 10.6. The number of ether oxygens (including phenoxy) is 1. The predicted molar refractivity (Wildman–Crippen MR) is 65.8 cm³/mol. The average molecular weight is 235 g/mol. The van der Waals surface area contributed by atoms with Crippen LogP contribution in [0.15, 0.2) is 24.3 Å². The highest BCUT2D eigenvalue weighted by atomic mass is 16.5. The molecular weight excluding hydrogens is 218 g/mol. The Bertz CT molecular complexity index is 402. The number of primary amides is 1. The van der Waals surface area contributed by atoms with Crippen LogP contribution in [0.2, 0.25) is 0 Å². The number of rotatable bonds is 5. The van der Waals surface area contributed by atoms with Gasteiger partial charge in [0.05, 0.1) is 0 Å². The molecule has 2 rings (SSSR count). The molecule has 0 saturated heterocycles. The van der Waals surface area contributed by atoms with Gasteiger partial charge in [0.1, 0.15) is 5.75 Å². The first-order chi connectivity index (χ1) is 8.13. The molecule has 0 aromatic heterocycles. The Balaban J connectivity index is 1.89. The Hall–Kier alpha value is -1.75. The molecule has 17 heavy (non-hydrogen) atoms. The second-order valence-corrected chi connectivity index (χ2v) is 4.36. The van der Waals surface area contributed by atoms with Crippen LogP contribution in [0.3, 0.4) is 0 Å². The van der Waals surface area contributed by atoms with E-state index in [1.54, 1.807) is 6.07 Å². The molecule has 5 nitrogen and oxygen atoms in total. The summed E-state index contributed by atoms with van der Waals surface area (Å²) in [6.07, 6.45) is 1.98. The monoisotopic (exact) mass is 235 g/mol. The molecule has 92 valence electrons. The van der Waals surface area contributed by atoms with Gasteiger partial charge in [-0.3, -0.25) is 4.79 Å². The molecule has 1 aromatic carbocycles. The molecule has 5 heteroatoms. The molecule has 0 radical (unpaired) electrons. The number of nitrogens with two attached hydrogens (primary N) is 2. The lowest BCUT2D eigenvalue weighted by Crippen LogP contribution is -2.44. The first kappa shape index (κ1) is 11.7. The van der Waals surface area contributed by atoms with E-state index in [9.17, 15) is 4.79 Å². The molecule has 1 aliphatic rings. The van der Waals surface area contributed by atoms with E-state index in [0.29, 0.717) is 17.8 Å². The number of hydrogen-bond acceptors (Lipinski definition) is 4. The van der Waals surface area contributed by atoms with E-state index < -0.39 is 5.91 Å². The summed E-state index contributed by atoms with van der Waals surface area (Å²) in [6, 6.07) is 8.24. The lowest BCUT2D eigenvalue weighted by Gasteiger charge is -2.33. The first-order valence-electron chi connectivity index (χ1n) is 5.67. The summed E-state index contributed by atoms with van der Waals surface area (Å²) in [5.41, 5.74) is 11.7. The fourth-order valence-corrected chi connectivity index (χ4v) is 1.85. The van der Waals surface area contributed by atoms with Crippen LogP contribution in [0.25, 0.3) is 0 Å². The number of carbonyl (C=O) groups is 1. The topological polar surface area (TPSA) is 90.4 Å². The van der Waals surface area contributed by atoms with Crippen molar-refractivity contribution < 1.29 is 9.53 Å². The summed E-state index contributed by atoms with van der Waals surface area (Å²) < 4.78 is 5.22. The molecule has 1 aromatic rings. The Morgan fingerprint density at radius 1 is 1.47 bits per heavy atom. The summed E-state index contributed by atoms with van der Waals surface area (Å²) in [5.74, 6) is 0.158. The lowest BCUT2D eigenvalue weighted by atomic mass is 9.87. The highest BCUT2D eigenvalue weighted by Gasteiger charge is 2.25. The SMILES string of the molecule is NC(=O)COc1cccc(NC2CC(N)C2)c1. The molecule has 0 spiro atoms. The lowest BCUT2D eigenvalue weighted by molar-refractivity contribution is -0.119. The molecule has 0 unspecified atom stereocenters. The minimum atomic E-state index is -0.478. The van der Waals surface area contributed by atoms with Gasteiger partial charge in [-0.05, 0) is 25.0 Å². The van der Waals surface area contributed by atoms with Crippen molar-refractivity contribution in [3.63, 3.8) is 0 Å². The molecule has 1 saturated carbocycles. The van der Waals surface area contributed by atoms with Gasteiger partial charge in [-0.15, -0.1) is 0 Å². The van der Waals surface area contributed by atoms with E-state index in [2.05, 4.69) is 5.32 Å². The van der Waals surface area contributed by atoms with Crippen molar-refractivity contribution >= 4 is 11.6 Å². The van der Waals surface area contributed by atoms with E-state index in [1.807, 2.05) is 18.2 Å². The van der Waals surface area contributed by atoms with Gasteiger partial charge < -0.3 is 21.5 Å². The van der Waals surface area contributed by atoms with Gasteiger partial charge >= 0.3 is 0 Å². The molecular formula is C12H17N3O2. The average Bonchev–Trinajstić information content (AvgIpc) is 2.25. The van der Waals surface area contributed by atoms with Gasteiger partial charge in [0.15, 0.2) is 6.61 Å². The van der Waals surface area contributed by atoms with Crippen molar-refractivity contribution in [2.75, 3.05) is 11.9 Å². The molecule has 1 aliphatic carbocycles. The maximum atomic E-state index is 10.6. The van der Waals surface area contributed by atoms with Crippen molar-refractivity contribution in [1.82, 2.24) is 0 Å². The quantitative estimate of drug-likeness (QED) is 0.691. The highest BCUT2D eigenvalue weighted by Crippen LogP contribution is 2.24. The van der Waals surface area contributed by atoms with Crippen LogP contribution < -0.4 is 21.5 Å². The normalized spacial score (nSPS) is 22.6. The fraction of sp³-hybridized carbons (Fsp3) is 0.417. The molecule has 0 atom stereocenters. The molecule has 0 heterocycles. The Morgan fingerprint density at radius 3 is 2.88 bits per heavy atom. The van der Waals surface area contributed by atoms with Crippen molar-refractivity contribution in [3.8, 4) is 5.75 Å². The van der Waals surface area contributed by atoms with Gasteiger partial charge in [-0.25, -0.2) is 0 Å². The van der Waals surface area contributed by atoms with E-state index >= 15 is 0 Å². The van der Waals surface area contributed by atoms with Crippen molar-refractivity contribution in [2.45, 2.75) is 24.9 Å². The van der Waals surface area contributed by atoms with E-state index in [1.165, 1.54) is 0 Å². The number of benzene rings is 1. The van der Waals surface area contributed by atoms with Crippen LogP contribution in [-0.4, -0.2) is 24.6 Å². The van der Waals surface area contributed by atoms with Crippen molar-refractivity contribution in [1.29, 1.82) is 0 Å². The Kier molecular flexibility index (Phi) is 3.49.